The van der Waals surface area contributed by atoms with Crippen LogP contribution in [0.15, 0.2) is 36.9 Å². The van der Waals surface area contributed by atoms with Crippen LogP contribution in [-0.4, -0.2) is 6.29 Å². The number of hydrogen-bond donors (Lipinski definition) is 0. The van der Waals surface area contributed by atoms with Crippen LogP contribution in [0, 0.1) is 11.8 Å². The summed E-state index contributed by atoms with van der Waals surface area (Å²) in [5.74, 6) is 1.84. The Morgan fingerprint density at radius 1 is 1.00 bits per heavy atom. The van der Waals surface area contributed by atoms with Gasteiger partial charge in [0.05, 0.1) is 0 Å². The molecule has 0 saturated heterocycles. The molecular formula is C19H26O. The average Bonchev–Trinajstić information content (AvgIpc) is 2.52. The van der Waals surface area contributed by atoms with Gasteiger partial charge in [-0.3, -0.25) is 4.79 Å². The zero-order valence-corrected chi connectivity index (χ0v) is 12.4. The molecule has 1 nitrogen and oxygen atoms in total. The second-order valence-corrected chi connectivity index (χ2v) is 6.15. The molecule has 108 valence electrons. The third-order valence-electron chi connectivity index (χ3n) is 4.70. The summed E-state index contributed by atoms with van der Waals surface area (Å²) < 4.78 is 0. The van der Waals surface area contributed by atoms with Crippen molar-refractivity contribution in [2.45, 2.75) is 51.4 Å². The molecule has 0 aromatic heterocycles. The van der Waals surface area contributed by atoms with Gasteiger partial charge in [0.2, 0.25) is 0 Å². The first-order valence-electron chi connectivity index (χ1n) is 7.97. The van der Waals surface area contributed by atoms with E-state index in [0.717, 1.165) is 30.1 Å². The maximum Gasteiger partial charge on any atom is 0.150 e. The Bertz CT molecular complexity index is 410. The van der Waals surface area contributed by atoms with E-state index in [2.05, 4.69) is 24.8 Å². The second kappa shape index (κ2) is 8.04. The van der Waals surface area contributed by atoms with E-state index >= 15 is 0 Å². The van der Waals surface area contributed by atoms with E-state index < -0.39 is 0 Å². The smallest absolute Gasteiger partial charge is 0.150 e. The number of carbonyl (C=O) groups excluding carboxylic acids is 1. The van der Waals surface area contributed by atoms with E-state index in [4.69, 9.17) is 0 Å². The summed E-state index contributed by atoms with van der Waals surface area (Å²) in [6.45, 7) is 3.81. The predicted octanol–water partition coefficient (Wildman–Crippen LogP) is 5.20. The predicted molar refractivity (Wildman–Crippen MR) is 85.0 cm³/mol. The number of aryl methyl sites for hydroxylation is 1. The first-order chi connectivity index (χ1) is 9.81. The van der Waals surface area contributed by atoms with Gasteiger partial charge in [-0.1, -0.05) is 56.0 Å². The minimum Gasteiger partial charge on any atom is -0.298 e. The molecule has 1 heteroatoms. The number of benzene rings is 1. The number of allylic oxidation sites excluding steroid dienone is 1. The highest BCUT2D eigenvalue weighted by Gasteiger charge is 2.20. The largest absolute Gasteiger partial charge is 0.298 e. The monoisotopic (exact) mass is 270 g/mol. The van der Waals surface area contributed by atoms with E-state index in [0.29, 0.717) is 0 Å². The fraction of sp³-hybridized carbons (Fsp3) is 0.526. The van der Waals surface area contributed by atoms with Gasteiger partial charge in [0, 0.05) is 5.56 Å². The van der Waals surface area contributed by atoms with Crippen LogP contribution in [0.25, 0.3) is 0 Å². The van der Waals surface area contributed by atoms with Gasteiger partial charge in [-0.2, -0.15) is 0 Å². The Hall–Kier alpha value is -1.37. The van der Waals surface area contributed by atoms with Gasteiger partial charge in [0.15, 0.2) is 0 Å². The highest BCUT2D eigenvalue weighted by Crippen LogP contribution is 2.33. The van der Waals surface area contributed by atoms with E-state index in [1.54, 1.807) is 0 Å². The van der Waals surface area contributed by atoms with Crippen LogP contribution in [-0.2, 0) is 6.42 Å². The molecule has 1 aromatic rings. The van der Waals surface area contributed by atoms with Crippen molar-refractivity contribution in [1.82, 2.24) is 0 Å². The number of carbonyl (C=O) groups is 1. The number of hydrogen-bond acceptors (Lipinski definition) is 1. The Kier molecular flexibility index (Phi) is 6.04. The summed E-state index contributed by atoms with van der Waals surface area (Å²) >= 11 is 0. The van der Waals surface area contributed by atoms with Crippen LogP contribution in [0.5, 0.6) is 0 Å². The summed E-state index contributed by atoms with van der Waals surface area (Å²) in [7, 11) is 0. The minimum atomic E-state index is 0.775. The van der Waals surface area contributed by atoms with Crippen molar-refractivity contribution in [2.24, 2.45) is 11.8 Å². The molecule has 0 bridgehead atoms. The van der Waals surface area contributed by atoms with Crippen molar-refractivity contribution in [2.75, 3.05) is 0 Å². The van der Waals surface area contributed by atoms with Gasteiger partial charge in [0.25, 0.3) is 0 Å². The van der Waals surface area contributed by atoms with Gasteiger partial charge >= 0.3 is 0 Å². The maximum absolute atomic E-state index is 10.6. The fourth-order valence-electron chi connectivity index (χ4n) is 3.30. The molecule has 0 heterocycles. The Labute approximate surface area is 123 Å². The molecule has 0 unspecified atom stereocenters. The lowest BCUT2D eigenvalue weighted by Gasteiger charge is -2.28. The van der Waals surface area contributed by atoms with E-state index in [1.807, 2.05) is 12.1 Å². The average molecular weight is 270 g/mol. The highest BCUT2D eigenvalue weighted by atomic mass is 16.1. The summed E-state index contributed by atoms with van der Waals surface area (Å²) in [6.07, 6.45) is 13.5. The molecule has 0 spiro atoms. The highest BCUT2D eigenvalue weighted by molar-refractivity contribution is 5.74. The van der Waals surface area contributed by atoms with Crippen molar-refractivity contribution in [3.05, 3.63) is 48.0 Å². The molecule has 0 atom stereocenters. The summed E-state index contributed by atoms with van der Waals surface area (Å²) in [5, 5.41) is 0. The summed E-state index contributed by atoms with van der Waals surface area (Å²) in [4.78, 5) is 10.6. The van der Waals surface area contributed by atoms with Crippen molar-refractivity contribution in [1.29, 1.82) is 0 Å². The first kappa shape index (κ1) is 15.0. The molecule has 0 amide bonds. The van der Waals surface area contributed by atoms with Crippen LogP contribution < -0.4 is 0 Å². The van der Waals surface area contributed by atoms with Crippen molar-refractivity contribution in [3.63, 3.8) is 0 Å². The van der Waals surface area contributed by atoms with E-state index in [-0.39, 0.29) is 0 Å². The molecule has 0 aliphatic heterocycles. The number of rotatable bonds is 7. The summed E-state index contributed by atoms with van der Waals surface area (Å²) in [6, 6.07) is 8.04. The molecular weight excluding hydrogens is 244 g/mol. The third-order valence-corrected chi connectivity index (χ3v) is 4.70. The van der Waals surface area contributed by atoms with Crippen molar-refractivity contribution < 1.29 is 4.79 Å². The minimum absolute atomic E-state index is 0.775. The van der Waals surface area contributed by atoms with Gasteiger partial charge < -0.3 is 0 Å². The molecule has 20 heavy (non-hydrogen) atoms. The normalized spacial score (nSPS) is 22.4. The molecule has 0 N–H and O–H groups in total. The van der Waals surface area contributed by atoms with Gasteiger partial charge in [-0.25, -0.2) is 0 Å². The number of aldehydes is 1. The first-order valence-corrected chi connectivity index (χ1v) is 7.97. The summed E-state index contributed by atoms with van der Waals surface area (Å²) in [5.41, 5.74) is 2.14. The Balaban J connectivity index is 1.70. The van der Waals surface area contributed by atoms with Gasteiger partial charge in [-0.05, 0) is 43.1 Å². The molecule has 1 aliphatic rings. The molecule has 1 aliphatic carbocycles. The van der Waals surface area contributed by atoms with E-state index in [9.17, 15) is 4.79 Å². The van der Waals surface area contributed by atoms with Crippen LogP contribution >= 0.6 is 0 Å². The SMILES string of the molecule is C=CCCC1CCC(CCc2ccc(C=O)cc2)CC1. The molecule has 2 rings (SSSR count). The zero-order chi connectivity index (χ0) is 14.2. The molecule has 0 radical (unpaired) electrons. The maximum atomic E-state index is 10.6. The fourth-order valence-corrected chi connectivity index (χ4v) is 3.30. The molecule has 1 saturated carbocycles. The Morgan fingerprint density at radius 2 is 1.60 bits per heavy atom. The van der Waals surface area contributed by atoms with Gasteiger partial charge in [0.1, 0.15) is 6.29 Å². The lowest BCUT2D eigenvalue weighted by molar-refractivity contribution is 0.112. The second-order valence-electron chi connectivity index (χ2n) is 6.15. The van der Waals surface area contributed by atoms with Crippen molar-refractivity contribution in [3.8, 4) is 0 Å². The third kappa shape index (κ3) is 4.63. The van der Waals surface area contributed by atoms with Crippen LogP contribution in [0.4, 0.5) is 0 Å². The van der Waals surface area contributed by atoms with Crippen LogP contribution in [0.2, 0.25) is 0 Å². The zero-order valence-electron chi connectivity index (χ0n) is 12.4. The topological polar surface area (TPSA) is 17.1 Å². The standard InChI is InChI=1S/C19H26O/c1-2-3-4-16-5-7-17(8-6-16)9-10-18-11-13-19(15-20)14-12-18/h2,11-17H,1,3-10H2. The molecule has 1 fully saturated rings. The van der Waals surface area contributed by atoms with Crippen LogP contribution in [0.1, 0.15) is 60.9 Å². The lowest BCUT2D eigenvalue weighted by Crippen LogP contribution is -2.15. The molecule has 1 aromatic carbocycles. The van der Waals surface area contributed by atoms with Crippen molar-refractivity contribution >= 4 is 6.29 Å². The van der Waals surface area contributed by atoms with Gasteiger partial charge in [-0.15, -0.1) is 6.58 Å². The Morgan fingerprint density at radius 3 is 2.15 bits per heavy atom. The van der Waals surface area contributed by atoms with Crippen LogP contribution in [0.3, 0.4) is 0 Å². The lowest BCUT2D eigenvalue weighted by atomic mass is 9.78. The quantitative estimate of drug-likeness (QED) is 0.491. The van der Waals surface area contributed by atoms with E-state index in [1.165, 1.54) is 50.5 Å².